The first-order valence-corrected chi connectivity index (χ1v) is 5.57. The van der Waals surface area contributed by atoms with Crippen LogP contribution in [0.4, 0.5) is 8.78 Å². The Labute approximate surface area is 103 Å². The SMILES string of the molecule is Oc1c(F)cc(CNCCc2ccco2)cc1F. The summed E-state index contributed by atoms with van der Waals surface area (Å²) >= 11 is 0. The lowest BCUT2D eigenvalue weighted by molar-refractivity contribution is 0.395. The average Bonchev–Trinajstić information content (AvgIpc) is 2.84. The monoisotopic (exact) mass is 253 g/mol. The van der Waals surface area contributed by atoms with Gasteiger partial charge in [-0.15, -0.1) is 0 Å². The fraction of sp³-hybridized carbons (Fsp3) is 0.231. The van der Waals surface area contributed by atoms with Crippen LogP contribution in [0.1, 0.15) is 11.3 Å². The molecule has 0 radical (unpaired) electrons. The molecule has 0 bridgehead atoms. The molecule has 3 nitrogen and oxygen atoms in total. The Morgan fingerprint density at radius 3 is 2.56 bits per heavy atom. The predicted molar refractivity (Wildman–Crippen MR) is 62.1 cm³/mol. The van der Waals surface area contributed by atoms with Gasteiger partial charge in [0, 0.05) is 19.5 Å². The summed E-state index contributed by atoms with van der Waals surface area (Å²) in [6, 6.07) is 5.89. The van der Waals surface area contributed by atoms with Gasteiger partial charge in [0.25, 0.3) is 0 Å². The molecule has 0 fully saturated rings. The Kier molecular flexibility index (Phi) is 3.94. The fourth-order valence-electron chi connectivity index (χ4n) is 1.62. The van der Waals surface area contributed by atoms with E-state index in [9.17, 15) is 8.78 Å². The van der Waals surface area contributed by atoms with Gasteiger partial charge in [0.05, 0.1) is 6.26 Å². The molecule has 18 heavy (non-hydrogen) atoms. The van der Waals surface area contributed by atoms with Crippen LogP contribution in [0.25, 0.3) is 0 Å². The third kappa shape index (κ3) is 3.07. The molecule has 96 valence electrons. The lowest BCUT2D eigenvalue weighted by Gasteiger charge is -2.05. The fourth-order valence-corrected chi connectivity index (χ4v) is 1.62. The van der Waals surface area contributed by atoms with E-state index in [-0.39, 0.29) is 0 Å². The van der Waals surface area contributed by atoms with Gasteiger partial charge in [0.1, 0.15) is 5.76 Å². The Morgan fingerprint density at radius 1 is 1.22 bits per heavy atom. The number of phenolic OH excluding ortho intramolecular Hbond substituents is 1. The van der Waals surface area contributed by atoms with Crippen molar-refractivity contribution in [3.63, 3.8) is 0 Å². The van der Waals surface area contributed by atoms with Crippen molar-refractivity contribution in [1.82, 2.24) is 5.32 Å². The number of benzene rings is 1. The predicted octanol–water partition coefficient (Wildman–Crippen LogP) is 2.60. The molecule has 5 heteroatoms. The first kappa shape index (κ1) is 12.6. The molecule has 0 saturated heterocycles. The summed E-state index contributed by atoms with van der Waals surface area (Å²) < 4.78 is 31.2. The van der Waals surface area contributed by atoms with E-state index in [1.807, 2.05) is 6.07 Å². The summed E-state index contributed by atoms with van der Waals surface area (Å²) in [4.78, 5) is 0. The van der Waals surface area contributed by atoms with E-state index in [2.05, 4.69) is 5.32 Å². The number of halogens is 2. The second-order valence-electron chi connectivity index (χ2n) is 3.91. The van der Waals surface area contributed by atoms with Crippen LogP contribution in [0.15, 0.2) is 34.9 Å². The van der Waals surface area contributed by atoms with Gasteiger partial charge >= 0.3 is 0 Å². The molecule has 2 rings (SSSR count). The second kappa shape index (κ2) is 5.64. The topological polar surface area (TPSA) is 45.4 Å². The van der Waals surface area contributed by atoms with Gasteiger partial charge in [-0.3, -0.25) is 0 Å². The second-order valence-corrected chi connectivity index (χ2v) is 3.91. The number of nitrogens with one attached hydrogen (secondary N) is 1. The van der Waals surface area contributed by atoms with E-state index in [1.54, 1.807) is 12.3 Å². The number of aromatic hydroxyl groups is 1. The zero-order chi connectivity index (χ0) is 13.0. The standard InChI is InChI=1S/C13H13F2NO2/c14-11-6-9(7-12(15)13(11)17)8-16-4-3-10-2-1-5-18-10/h1-2,5-7,16-17H,3-4,8H2. The first-order chi connectivity index (χ1) is 8.66. The van der Waals surface area contributed by atoms with Crippen LogP contribution in [0.5, 0.6) is 5.75 Å². The van der Waals surface area contributed by atoms with E-state index >= 15 is 0 Å². The Hall–Kier alpha value is -1.88. The van der Waals surface area contributed by atoms with E-state index in [4.69, 9.17) is 9.52 Å². The maximum Gasteiger partial charge on any atom is 0.187 e. The molecule has 0 unspecified atom stereocenters. The Morgan fingerprint density at radius 2 is 1.94 bits per heavy atom. The van der Waals surface area contributed by atoms with Gasteiger partial charge in [0.2, 0.25) is 0 Å². The summed E-state index contributed by atoms with van der Waals surface area (Å²) in [5, 5.41) is 12.0. The molecule has 2 aromatic rings. The number of rotatable bonds is 5. The van der Waals surface area contributed by atoms with Gasteiger partial charge in [-0.1, -0.05) is 0 Å². The van der Waals surface area contributed by atoms with Crippen molar-refractivity contribution in [2.24, 2.45) is 0 Å². The molecular weight excluding hydrogens is 240 g/mol. The zero-order valence-electron chi connectivity index (χ0n) is 9.62. The summed E-state index contributed by atoms with van der Waals surface area (Å²) in [6.45, 7) is 0.965. The third-order valence-corrected chi connectivity index (χ3v) is 2.53. The van der Waals surface area contributed by atoms with Crippen molar-refractivity contribution < 1.29 is 18.3 Å². The maximum absolute atomic E-state index is 13.0. The Bertz CT molecular complexity index is 489. The van der Waals surface area contributed by atoms with Crippen LogP contribution in [-0.4, -0.2) is 11.7 Å². The zero-order valence-corrected chi connectivity index (χ0v) is 9.62. The molecule has 0 atom stereocenters. The van der Waals surface area contributed by atoms with Crippen molar-refractivity contribution in [1.29, 1.82) is 0 Å². The summed E-state index contributed by atoms with van der Waals surface area (Å²) in [5.74, 6) is -1.98. The summed E-state index contributed by atoms with van der Waals surface area (Å²) in [5.41, 5.74) is 0.447. The minimum absolute atomic E-state index is 0.328. The molecule has 0 amide bonds. The van der Waals surface area contributed by atoms with Gasteiger partial charge in [-0.2, -0.15) is 0 Å². The van der Waals surface area contributed by atoms with E-state index in [0.29, 0.717) is 25.1 Å². The van der Waals surface area contributed by atoms with Crippen LogP contribution in [0.2, 0.25) is 0 Å². The number of hydrogen-bond donors (Lipinski definition) is 2. The summed E-state index contributed by atoms with van der Waals surface area (Å²) in [7, 11) is 0. The normalized spacial score (nSPS) is 10.8. The highest BCUT2D eigenvalue weighted by molar-refractivity contribution is 5.29. The smallest absolute Gasteiger partial charge is 0.187 e. The third-order valence-electron chi connectivity index (χ3n) is 2.53. The minimum Gasteiger partial charge on any atom is -0.503 e. The largest absolute Gasteiger partial charge is 0.503 e. The van der Waals surface area contributed by atoms with E-state index in [1.165, 1.54) is 0 Å². The number of hydrogen-bond acceptors (Lipinski definition) is 3. The van der Waals surface area contributed by atoms with Crippen LogP contribution in [-0.2, 0) is 13.0 Å². The van der Waals surface area contributed by atoms with Crippen molar-refractivity contribution in [2.45, 2.75) is 13.0 Å². The molecule has 0 spiro atoms. The Balaban J connectivity index is 1.83. The van der Waals surface area contributed by atoms with Crippen LogP contribution >= 0.6 is 0 Å². The van der Waals surface area contributed by atoms with Gasteiger partial charge in [-0.05, 0) is 29.8 Å². The maximum atomic E-state index is 13.0. The van der Waals surface area contributed by atoms with Crippen molar-refractivity contribution >= 4 is 0 Å². The van der Waals surface area contributed by atoms with Gasteiger partial charge in [0.15, 0.2) is 17.4 Å². The minimum atomic E-state index is -0.946. The summed E-state index contributed by atoms with van der Waals surface area (Å²) in [6.07, 6.45) is 2.30. The molecule has 1 aromatic heterocycles. The quantitative estimate of drug-likeness (QED) is 0.805. The molecule has 0 aliphatic carbocycles. The molecule has 1 heterocycles. The highest BCUT2D eigenvalue weighted by Gasteiger charge is 2.09. The molecule has 0 saturated carbocycles. The van der Waals surface area contributed by atoms with Crippen molar-refractivity contribution in [3.8, 4) is 5.75 Å². The number of phenols is 1. The van der Waals surface area contributed by atoms with Crippen molar-refractivity contribution in [2.75, 3.05) is 6.54 Å². The molecule has 0 aliphatic rings. The highest BCUT2D eigenvalue weighted by atomic mass is 19.1. The molecule has 2 N–H and O–H groups in total. The average molecular weight is 253 g/mol. The lowest BCUT2D eigenvalue weighted by atomic mass is 10.2. The van der Waals surface area contributed by atoms with E-state index < -0.39 is 17.4 Å². The van der Waals surface area contributed by atoms with Crippen LogP contribution in [0.3, 0.4) is 0 Å². The molecular formula is C13H13F2NO2. The highest BCUT2D eigenvalue weighted by Crippen LogP contribution is 2.21. The first-order valence-electron chi connectivity index (χ1n) is 5.57. The molecule has 1 aromatic carbocycles. The van der Waals surface area contributed by atoms with Crippen LogP contribution in [0, 0.1) is 11.6 Å². The van der Waals surface area contributed by atoms with E-state index in [0.717, 1.165) is 17.9 Å². The number of furan rings is 1. The van der Waals surface area contributed by atoms with Crippen molar-refractivity contribution in [3.05, 3.63) is 53.5 Å². The molecule has 0 aliphatic heterocycles. The lowest BCUT2D eigenvalue weighted by Crippen LogP contribution is -2.16. The van der Waals surface area contributed by atoms with Gasteiger partial charge < -0.3 is 14.8 Å². The van der Waals surface area contributed by atoms with Crippen LogP contribution < -0.4 is 5.32 Å². The van der Waals surface area contributed by atoms with Gasteiger partial charge in [-0.25, -0.2) is 8.78 Å².